The molecule has 2 aliphatic rings. The van der Waals surface area contributed by atoms with Crippen LogP contribution in [-0.2, 0) is 9.53 Å². The fourth-order valence-electron chi connectivity index (χ4n) is 4.64. The third kappa shape index (κ3) is 5.69. The van der Waals surface area contributed by atoms with E-state index in [2.05, 4.69) is 0 Å². The highest BCUT2D eigenvalue weighted by atomic mass is 28.3. The van der Waals surface area contributed by atoms with Gasteiger partial charge in [-0.2, -0.15) is 0 Å². The van der Waals surface area contributed by atoms with Crippen molar-refractivity contribution >= 4 is 14.8 Å². The monoisotopic (exact) mass is 326 g/mol. The van der Waals surface area contributed by atoms with Crippen LogP contribution >= 0.6 is 0 Å². The number of ether oxygens (including phenoxy) is 1. The number of aliphatic carboxylic acids is 1. The first kappa shape index (κ1) is 18.0. The van der Waals surface area contributed by atoms with E-state index in [9.17, 15) is 4.79 Å². The first-order valence-electron chi connectivity index (χ1n) is 9.42. The van der Waals surface area contributed by atoms with Gasteiger partial charge in [-0.25, -0.2) is 0 Å². The number of carboxylic acids is 1. The highest BCUT2D eigenvalue weighted by Crippen LogP contribution is 2.41. The third-order valence-electron chi connectivity index (χ3n) is 6.14. The van der Waals surface area contributed by atoms with Crippen LogP contribution in [0.3, 0.4) is 0 Å². The summed E-state index contributed by atoms with van der Waals surface area (Å²) in [5.41, 5.74) is 0. The fourth-order valence-corrected chi connectivity index (χ4v) is 8.17. The summed E-state index contributed by atoms with van der Waals surface area (Å²) in [5.74, 6) is 1.15. The minimum absolute atomic E-state index is 0.0472. The van der Waals surface area contributed by atoms with Crippen molar-refractivity contribution in [3.8, 4) is 0 Å². The van der Waals surface area contributed by atoms with Gasteiger partial charge in [0.25, 0.3) is 0 Å². The number of carbonyl (C=O) groups is 1. The second-order valence-corrected chi connectivity index (χ2v) is 11.0. The molecule has 0 amide bonds. The highest BCUT2D eigenvalue weighted by Gasteiger charge is 2.32. The molecule has 0 bridgehead atoms. The molecule has 128 valence electrons. The number of hydrogen-bond donors (Lipinski definition) is 1. The Bertz CT molecular complexity index is 318. The molecule has 1 N–H and O–H groups in total. The third-order valence-corrected chi connectivity index (χ3v) is 9.66. The van der Waals surface area contributed by atoms with E-state index in [1.807, 2.05) is 0 Å². The van der Waals surface area contributed by atoms with Crippen molar-refractivity contribution in [3.63, 3.8) is 0 Å². The first-order chi connectivity index (χ1) is 10.7. The second kappa shape index (κ2) is 9.71. The van der Waals surface area contributed by atoms with Gasteiger partial charge in [0.2, 0.25) is 0 Å². The van der Waals surface area contributed by atoms with Crippen molar-refractivity contribution in [1.29, 1.82) is 0 Å². The molecule has 0 aromatic carbocycles. The SMILES string of the molecule is COCCCCC[SiH]1CCC(C2CCC(C(=O)O)CC2)CC1. The molecule has 0 spiro atoms. The van der Waals surface area contributed by atoms with Crippen molar-refractivity contribution in [2.75, 3.05) is 13.7 Å². The maximum absolute atomic E-state index is 11.0. The highest BCUT2D eigenvalue weighted by molar-refractivity contribution is 6.58. The van der Waals surface area contributed by atoms with Gasteiger partial charge in [-0.1, -0.05) is 43.8 Å². The molecule has 1 aliphatic heterocycles. The number of rotatable bonds is 8. The Labute approximate surface area is 137 Å². The van der Waals surface area contributed by atoms with E-state index in [0.29, 0.717) is 0 Å². The maximum atomic E-state index is 11.0. The molecule has 3 nitrogen and oxygen atoms in total. The largest absolute Gasteiger partial charge is 0.481 e. The van der Waals surface area contributed by atoms with Gasteiger partial charge >= 0.3 is 5.97 Å². The number of methoxy groups -OCH3 is 1. The zero-order chi connectivity index (χ0) is 15.8. The minimum Gasteiger partial charge on any atom is -0.481 e. The summed E-state index contributed by atoms with van der Waals surface area (Å²) >= 11 is 0. The van der Waals surface area contributed by atoms with Gasteiger partial charge in [-0.15, -0.1) is 0 Å². The molecule has 1 saturated heterocycles. The lowest BCUT2D eigenvalue weighted by atomic mass is 9.74. The van der Waals surface area contributed by atoms with Crippen LogP contribution in [0.4, 0.5) is 0 Å². The summed E-state index contributed by atoms with van der Waals surface area (Å²) in [5, 5.41) is 9.10. The Hall–Kier alpha value is -0.353. The van der Waals surface area contributed by atoms with Crippen LogP contribution in [0.15, 0.2) is 0 Å². The Balaban J connectivity index is 1.58. The molecule has 0 aromatic rings. The van der Waals surface area contributed by atoms with E-state index in [4.69, 9.17) is 9.84 Å². The van der Waals surface area contributed by atoms with E-state index >= 15 is 0 Å². The molecule has 2 rings (SSSR count). The van der Waals surface area contributed by atoms with Gasteiger partial charge < -0.3 is 9.84 Å². The molecule has 22 heavy (non-hydrogen) atoms. The summed E-state index contributed by atoms with van der Waals surface area (Å²) in [6.45, 7) is 0.924. The first-order valence-corrected chi connectivity index (χ1v) is 11.9. The Kier molecular flexibility index (Phi) is 7.94. The lowest BCUT2D eigenvalue weighted by molar-refractivity contribution is -0.143. The van der Waals surface area contributed by atoms with Crippen molar-refractivity contribution in [2.45, 2.75) is 75.9 Å². The lowest BCUT2D eigenvalue weighted by Crippen LogP contribution is -2.30. The molecule has 0 unspecified atom stereocenters. The van der Waals surface area contributed by atoms with Crippen molar-refractivity contribution in [2.24, 2.45) is 17.8 Å². The number of hydrogen-bond acceptors (Lipinski definition) is 2. The maximum Gasteiger partial charge on any atom is 0.306 e. The average Bonchev–Trinajstić information content (AvgIpc) is 2.55. The van der Waals surface area contributed by atoms with E-state index in [1.165, 1.54) is 44.9 Å². The van der Waals surface area contributed by atoms with Crippen LogP contribution in [0.2, 0.25) is 18.1 Å². The summed E-state index contributed by atoms with van der Waals surface area (Å²) in [6.07, 6.45) is 11.1. The number of carboxylic acid groups (broad SMARTS) is 1. The van der Waals surface area contributed by atoms with Crippen molar-refractivity contribution in [1.82, 2.24) is 0 Å². The second-order valence-electron chi connectivity index (χ2n) is 7.57. The van der Waals surface area contributed by atoms with Crippen LogP contribution in [0.5, 0.6) is 0 Å². The van der Waals surface area contributed by atoms with E-state index in [-0.39, 0.29) is 5.92 Å². The molecular formula is C18H34O3Si. The summed E-state index contributed by atoms with van der Waals surface area (Å²) < 4.78 is 5.11. The van der Waals surface area contributed by atoms with Gasteiger partial charge in [0, 0.05) is 22.5 Å². The molecule has 1 saturated carbocycles. The van der Waals surface area contributed by atoms with Gasteiger partial charge in [0.15, 0.2) is 0 Å². The molecule has 0 radical (unpaired) electrons. The standard InChI is InChI=1S/C18H34O3Si/c1-21-11-3-2-4-12-22-13-9-16(10-14-22)15-5-7-17(8-6-15)18(19)20/h15-17,22H,2-14H2,1H3,(H,19,20). The van der Waals surface area contributed by atoms with Gasteiger partial charge in [0.1, 0.15) is 0 Å². The Morgan fingerprint density at radius 2 is 1.64 bits per heavy atom. The van der Waals surface area contributed by atoms with Gasteiger partial charge in [-0.05, 0) is 43.9 Å². The van der Waals surface area contributed by atoms with E-state index in [0.717, 1.165) is 31.3 Å². The predicted molar refractivity (Wildman–Crippen MR) is 93.1 cm³/mol. The van der Waals surface area contributed by atoms with E-state index in [1.54, 1.807) is 25.2 Å². The fraction of sp³-hybridized carbons (Fsp3) is 0.944. The molecular weight excluding hydrogens is 292 g/mol. The van der Waals surface area contributed by atoms with E-state index < -0.39 is 14.8 Å². The average molecular weight is 327 g/mol. The normalized spacial score (nSPS) is 32.8. The Morgan fingerprint density at radius 3 is 2.23 bits per heavy atom. The van der Waals surface area contributed by atoms with Gasteiger partial charge in [-0.3, -0.25) is 4.79 Å². The topological polar surface area (TPSA) is 46.5 Å². The molecule has 1 heterocycles. The number of unbranched alkanes of at least 4 members (excludes halogenated alkanes) is 2. The molecule has 4 heteroatoms. The predicted octanol–water partition coefficient (Wildman–Crippen LogP) is 4.33. The molecule has 2 fully saturated rings. The summed E-state index contributed by atoms with van der Waals surface area (Å²) in [6, 6.07) is 4.64. The quantitative estimate of drug-likeness (QED) is 0.533. The zero-order valence-corrected chi connectivity index (χ0v) is 15.4. The Morgan fingerprint density at radius 1 is 1.00 bits per heavy atom. The minimum atomic E-state index is -0.567. The van der Waals surface area contributed by atoms with Crippen LogP contribution in [0.25, 0.3) is 0 Å². The van der Waals surface area contributed by atoms with Crippen molar-refractivity contribution in [3.05, 3.63) is 0 Å². The van der Waals surface area contributed by atoms with Crippen LogP contribution in [-0.4, -0.2) is 33.6 Å². The summed E-state index contributed by atoms with van der Waals surface area (Å²) in [7, 11) is 1.36. The van der Waals surface area contributed by atoms with Crippen LogP contribution in [0, 0.1) is 17.8 Å². The van der Waals surface area contributed by atoms with Crippen LogP contribution in [0.1, 0.15) is 57.8 Å². The summed E-state index contributed by atoms with van der Waals surface area (Å²) in [4.78, 5) is 11.0. The molecule has 1 aliphatic carbocycles. The smallest absolute Gasteiger partial charge is 0.306 e. The zero-order valence-electron chi connectivity index (χ0n) is 14.3. The molecule has 0 atom stereocenters. The molecule has 0 aromatic heterocycles. The van der Waals surface area contributed by atoms with Crippen molar-refractivity contribution < 1.29 is 14.6 Å². The van der Waals surface area contributed by atoms with Gasteiger partial charge in [0.05, 0.1) is 5.92 Å². The van der Waals surface area contributed by atoms with Crippen LogP contribution < -0.4 is 0 Å². The lowest BCUT2D eigenvalue weighted by Gasteiger charge is -2.36.